The predicted octanol–water partition coefficient (Wildman–Crippen LogP) is 1.78. The average molecular weight is 383 g/mol. The van der Waals surface area contributed by atoms with Crippen LogP contribution < -0.4 is 10.5 Å². The molecule has 1 rings (SSSR count). The summed E-state index contributed by atoms with van der Waals surface area (Å²) < 4.78 is 38.8. The number of sulfonamides is 1. The Hall–Kier alpha value is -0.440. The van der Waals surface area contributed by atoms with Crippen LogP contribution in [0, 0.1) is 6.92 Å². The largest absolute Gasteiger partial charge is 0.398 e. The SMILES string of the molecule is Cc1c(N)cc(Br)cc1S(=O)(=O)NCCC(C)S(C)=O. The van der Waals surface area contributed by atoms with Crippen molar-refractivity contribution in [1.82, 2.24) is 4.72 Å². The summed E-state index contributed by atoms with van der Waals surface area (Å²) in [4.78, 5) is 0.162. The molecule has 114 valence electrons. The minimum atomic E-state index is -3.62. The maximum atomic E-state index is 12.2. The van der Waals surface area contributed by atoms with Gasteiger partial charge < -0.3 is 5.73 Å². The zero-order valence-corrected chi connectivity index (χ0v) is 14.9. The van der Waals surface area contributed by atoms with Crippen LogP contribution in [-0.2, 0) is 20.8 Å². The van der Waals surface area contributed by atoms with Crippen molar-refractivity contribution in [1.29, 1.82) is 0 Å². The fourth-order valence-electron chi connectivity index (χ4n) is 1.59. The van der Waals surface area contributed by atoms with Gasteiger partial charge in [-0.3, -0.25) is 4.21 Å². The van der Waals surface area contributed by atoms with Crippen molar-refractivity contribution < 1.29 is 12.6 Å². The van der Waals surface area contributed by atoms with E-state index in [1.807, 2.05) is 6.92 Å². The van der Waals surface area contributed by atoms with Gasteiger partial charge in [-0.1, -0.05) is 22.9 Å². The van der Waals surface area contributed by atoms with E-state index in [1.165, 1.54) is 6.07 Å². The van der Waals surface area contributed by atoms with Gasteiger partial charge in [0.1, 0.15) is 0 Å². The van der Waals surface area contributed by atoms with Crippen LogP contribution in [0.5, 0.6) is 0 Å². The van der Waals surface area contributed by atoms with Gasteiger partial charge in [0.2, 0.25) is 10.0 Å². The molecule has 3 N–H and O–H groups in total. The number of anilines is 1. The van der Waals surface area contributed by atoms with Crippen LogP contribution in [0.25, 0.3) is 0 Å². The molecular weight excluding hydrogens is 364 g/mol. The number of halogens is 1. The number of hydrogen-bond acceptors (Lipinski definition) is 4. The van der Waals surface area contributed by atoms with Gasteiger partial charge in [0.15, 0.2) is 0 Å². The third-order valence-corrected chi connectivity index (χ3v) is 6.48. The van der Waals surface area contributed by atoms with Crippen LogP contribution in [-0.4, -0.2) is 30.7 Å². The van der Waals surface area contributed by atoms with Crippen molar-refractivity contribution in [2.75, 3.05) is 18.5 Å². The normalized spacial score (nSPS) is 15.0. The van der Waals surface area contributed by atoms with Gasteiger partial charge in [0.25, 0.3) is 0 Å². The van der Waals surface area contributed by atoms with Crippen LogP contribution in [0.1, 0.15) is 18.9 Å². The second kappa shape index (κ2) is 7.02. The number of rotatable bonds is 6. The van der Waals surface area contributed by atoms with Crippen molar-refractivity contribution >= 4 is 42.4 Å². The van der Waals surface area contributed by atoms with Crippen LogP contribution in [0.15, 0.2) is 21.5 Å². The maximum absolute atomic E-state index is 12.2. The Balaban J connectivity index is 2.87. The summed E-state index contributed by atoms with van der Waals surface area (Å²) in [6.07, 6.45) is 2.13. The zero-order valence-electron chi connectivity index (χ0n) is 11.6. The Bertz CT molecular complexity index is 617. The van der Waals surface area contributed by atoms with Crippen molar-refractivity contribution in [3.05, 3.63) is 22.2 Å². The zero-order chi connectivity index (χ0) is 15.5. The molecule has 0 aromatic heterocycles. The first-order valence-corrected chi connectivity index (χ1v) is 9.92. The molecule has 2 atom stereocenters. The molecule has 1 aromatic rings. The molecule has 1 aromatic carbocycles. The molecule has 0 spiro atoms. The highest BCUT2D eigenvalue weighted by Gasteiger charge is 2.19. The summed E-state index contributed by atoms with van der Waals surface area (Å²) in [5, 5.41) is -0.0497. The molecule has 8 heteroatoms. The summed E-state index contributed by atoms with van der Waals surface area (Å²) in [5.41, 5.74) is 6.71. The molecule has 0 radical (unpaired) electrons. The lowest BCUT2D eigenvalue weighted by molar-refractivity contribution is 0.577. The van der Waals surface area contributed by atoms with Crippen LogP contribution in [0.2, 0.25) is 0 Å². The molecule has 0 fully saturated rings. The van der Waals surface area contributed by atoms with Crippen LogP contribution in [0.3, 0.4) is 0 Å². The lowest BCUT2D eigenvalue weighted by atomic mass is 10.2. The molecule has 0 amide bonds. The molecule has 0 aliphatic rings. The predicted molar refractivity (Wildman–Crippen MR) is 86.6 cm³/mol. The minimum absolute atomic E-state index is 0.0497. The second-order valence-electron chi connectivity index (χ2n) is 4.61. The van der Waals surface area contributed by atoms with E-state index in [-0.39, 0.29) is 16.7 Å². The van der Waals surface area contributed by atoms with Crippen molar-refractivity contribution in [2.24, 2.45) is 0 Å². The number of nitrogen functional groups attached to an aromatic ring is 1. The van der Waals surface area contributed by atoms with Gasteiger partial charge in [-0.15, -0.1) is 0 Å². The third kappa shape index (κ3) is 4.54. The van der Waals surface area contributed by atoms with E-state index in [0.29, 0.717) is 22.1 Å². The number of nitrogens with two attached hydrogens (primary N) is 1. The standard InChI is InChI=1S/C12H19BrN2O3S2/c1-8(19(3)16)4-5-15-20(17,18)12-7-10(13)6-11(14)9(12)2/h6-8,15H,4-5,14H2,1-3H3. The average Bonchev–Trinajstić information content (AvgIpc) is 2.33. The fourth-order valence-corrected chi connectivity index (χ4v) is 4.02. The van der Waals surface area contributed by atoms with E-state index < -0.39 is 20.8 Å². The van der Waals surface area contributed by atoms with Gasteiger partial charge in [0.05, 0.1) is 4.90 Å². The third-order valence-electron chi connectivity index (χ3n) is 3.06. The molecule has 5 nitrogen and oxygen atoms in total. The first-order valence-electron chi connectivity index (χ1n) is 6.02. The Labute approximate surface area is 131 Å². The Morgan fingerprint density at radius 2 is 2.05 bits per heavy atom. The molecule has 0 bridgehead atoms. The van der Waals surface area contributed by atoms with Gasteiger partial charge in [-0.25, -0.2) is 13.1 Å². The smallest absolute Gasteiger partial charge is 0.240 e. The Morgan fingerprint density at radius 1 is 1.45 bits per heavy atom. The number of hydrogen-bond donors (Lipinski definition) is 2. The molecule has 20 heavy (non-hydrogen) atoms. The van der Waals surface area contributed by atoms with Gasteiger partial charge in [-0.05, 0) is 31.0 Å². The lowest BCUT2D eigenvalue weighted by Gasteiger charge is -2.13. The molecular formula is C12H19BrN2O3S2. The fraction of sp³-hybridized carbons (Fsp3) is 0.500. The van der Waals surface area contributed by atoms with Crippen LogP contribution in [0.4, 0.5) is 5.69 Å². The van der Waals surface area contributed by atoms with E-state index in [1.54, 1.807) is 19.2 Å². The van der Waals surface area contributed by atoms with Gasteiger partial charge in [0, 0.05) is 39.0 Å². The van der Waals surface area contributed by atoms with E-state index >= 15 is 0 Å². The van der Waals surface area contributed by atoms with E-state index in [0.717, 1.165) is 0 Å². The van der Waals surface area contributed by atoms with Crippen molar-refractivity contribution in [3.8, 4) is 0 Å². The van der Waals surface area contributed by atoms with E-state index in [2.05, 4.69) is 20.7 Å². The summed E-state index contributed by atoms with van der Waals surface area (Å²) >= 11 is 3.24. The molecule has 2 unspecified atom stereocenters. The molecule has 0 saturated carbocycles. The van der Waals surface area contributed by atoms with Crippen molar-refractivity contribution in [3.63, 3.8) is 0 Å². The highest BCUT2D eigenvalue weighted by molar-refractivity contribution is 9.10. The van der Waals surface area contributed by atoms with Gasteiger partial charge in [-0.2, -0.15) is 0 Å². The Kier molecular flexibility index (Phi) is 6.18. The second-order valence-corrected chi connectivity index (χ2v) is 9.07. The lowest BCUT2D eigenvalue weighted by Crippen LogP contribution is -2.28. The summed E-state index contributed by atoms with van der Waals surface area (Å²) in [6, 6.07) is 3.19. The monoisotopic (exact) mass is 382 g/mol. The molecule has 0 heterocycles. The minimum Gasteiger partial charge on any atom is -0.398 e. The Morgan fingerprint density at radius 3 is 2.60 bits per heavy atom. The van der Waals surface area contributed by atoms with Gasteiger partial charge >= 0.3 is 0 Å². The van der Waals surface area contributed by atoms with Crippen LogP contribution >= 0.6 is 15.9 Å². The summed E-state index contributed by atoms with van der Waals surface area (Å²) in [7, 11) is -4.57. The highest BCUT2D eigenvalue weighted by Crippen LogP contribution is 2.26. The quantitative estimate of drug-likeness (QED) is 0.733. The van der Waals surface area contributed by atoms with E-state index in [4.69, 9.17) is 5.73 Å². The molecule has 0 aliphatic carbocycles. The number of benzene rings is 1. The topological polar surface area (TPSA) is 89.3 Å². The number of nitrogens with one attached hydrogen (secondary N) is 1. The first kappa shape index (κ1) is 17.6. The molecule has 0 aliphatic heterocycles. The van der Waals surface area contributed by atoms with Crippen molar-refractivity contribution in [2.45, 2.75) is 30.4 Å². The highest BCUT2D eigenvalue weighted by atomic mass is 79.9. The summed E-state index contributed by atoms with van der Waals surface area (Å²) in [5.74, 6) is 0. The van der Waals surface area contributed by atoms with E-state index in [9.17, 15) is 12.6 Å². The first-order chi connectivity index (χ1) is 9.15. The summed E-state index contributed by atoms with van der Waals surface area (Å²) in [6.45, 7) is 3.74. The molecule has 0 saturated heterocycles. The maximum Gasteiger partial charge on any atom is 0.240 e.